The maximum Gasteiger partial charge on any atom is 0.120 e. The number of benzene rings is 2. The first kappa shape index (κ1) is 14.1. The fourth-order valence-electron chi connectivity index (χ4n) is 2.35. The SMILES string of the molecule is COCc1cccc(C(O)c2cccc(OC3CC3)c2)c1. The summed E-state index contributed by atoms with van der Waals surface area (Å²) >= 11 is 0. The Hall–Kier alpha value is -1.84. The number of hydrogen-bond donors (Lipinski definition) is 1. The van der Waals surface area contributed by atoms with Crippen molar-refractivity contribution in [1.82, 2.24) is 0 Å². The largest absolute Gasteiger partial charge is 0.490 e. The van der Waals surface area contributed by atoms with Gasteiger partial charge >= 0.3 is 0 Å². The molecule has 1 fully saturated rings. The minimum absolute atomic E-state index is 0.363. The lowest BCUT2D eigenvalue weighted by Crippen LogP contribution is -2.02. The summed E-state index contributed by atoms with van der Waals surface area (Å²) in [4.78, 5) is 0. The molecule has 0 aliphatic heterocycles. The van der Waals surface area contributed by atoms with Crippen LogP contribution in [0.2, 0.25) is 0 Å². The third-order valence-electron chi connectivity index (χ3n) is 3.58. The molecule has 110 valence electrons. The van der Waals surface area contributed by atoms with E-state index in [0.717, 1.165) is 35.3 Å². The average Bonchev–Trinajstić information content (AvgIpc) is 3.31. The van der Waals surface area contributed by atoms with Crippen LogP contribution in [0.4, 0.5) is 0 Å². The highest BCUT2D eigenvalue weighted by atomic mass is 16.5. The Bertz CT molecular complexity index is 605. The molecule has 3 nitrogen and oxygen atoms in total. The molecule has 21 heavy (non-hydrogen) atoms. The quantitative estimate of drug-likeness (QED) is 0.883. The minimum Gasteiger partial charge on any atom is -0.490 e. The zero-order chi connectivity index (χ0) is 14.7. The topological polar surface area (TPSA) is 38.7 Å². The number of methoxy groups -OCH3 is 1. The lowest BCUT2D eigenvalue weighted by atomic mass is 10.00. The third kappa shape index (κ3) is 3.63. The van der Waals surface area contributed by atoms with Crippen LogP contribution in [-0.2, 0) is 11.3 Å². The number of ether oxygens (including phenoxy) is 2. The van der Waals surface area contributed by atoms with Gasteiger partial charge in [-0.15, -0.1) is 0 Å². The molecule has 1 aliphatic rings. The van der Waals surface area contributed by atoms with Crippen LogP contribution in [0, 0.1) is 0 Å². The van der Waals surface area contributed by atoms with Crippen molar-refractivity contribution in [3.8, 4) is 5.75 Å². The summed E-state index contributed by atoms with van der Waals surface area (Å²) in [5.41, 5.74) is 2.77. The van der Waals surface area contributed by atoms with Crippen molar-refractivity contribution in [3.05, 3.63) is 65.2 Å². The van der Waals surface area contributed by atoms with Crippen LogP contribution in [0.5, 0.6) is 5.75 Å². The van der Waals surface area contributed by atoms with Gasteiger partial charge in [-0.05, 0) is 41.7 Å². The second-order valence-corrected chi connectivity index (χ2v) is 5.47. The highest BCUT2D eigenvalue weighted by Crippen LogP contribution is 2.30. The molecular formula is C18H20O3. The summed E-state index contributed by atoms with van der Waals surface area (Å²) in [5, 5.41) is 10.6. The molecule has 0 bridgehead atoms. The van der Waals surface area contributed by atoms with E-state index in [-0.39, 0.29) is 0 Å². The zero-order valence-electron chi connectivity index (χ0n) is 12.2. The first-order chi connectivity index (χ1) is 10.3. The van der Waals surface area contributed by atoms with Gasteiger partial charge in [-0.25, -0.2) is 0 Å². The van der Waals surface area contributed by atoms with Gasteiger partial charge in [0.05, 0.1) is 12.7 Å². The molecule has 1 aliphatic carbocycles. The van der Waals surface area contributed by atoms with Crippen LogP contribution in [-0.4, -0.2) is 18.3 Å². The van der Waals surface area contributed by atoms with Crippen LogP contribution >= 0.6 is 0 Å². The first-order valence-electron chi connectivity index (χ1n) is 7.29. The number of aliphatic hydroxyl groups is 1. The molecule has 0 heterocycles. The lowest BCUT2D eigenvalue weighted by Gasteiger charge is -2.14. The normalized spacial score (nSPS) is 15.7. The fraction of sp³-hybridized carbons (Fsp3) is 0.333. The molecule has 0 amide bonds. The predicted octanol–water partition coefficient (Wildman–Crippen LogP) is 3.46. The van der Waals surface area contributed by atoms with E-state index >= 15 is 0 Å². The molecule has 0 spiro atoms. The highest BCUT2D eigenvalue weighted by Gasteiger charge is 2.23. The van der Waals surface area contributed by atoms with Crippen LogP contribution in [0.3, 0.4) is 0 Å². The summed E-state index contributed by atoms with van der Waals surface area (Å²) in [6.45, 7) is 0.547. The Morgan fingerprint density at radius 1 is 1.10 bits per heavy atom. The zero-order valence-corrected chi connectivity index (χ0v) is 12.2. The maximum absolute atomic E-state index is 10.6. The molecule has 1 saturated carbocycles. The van der Waals surface area contributed by atoms with Gasteiger partial charge in [-0.1, -0.05) is 36.4 Å². The van der Waals surface area contributed by atoms with E-state index in [1.807, 2.05) is 48.5 Å². The summed E-state index contributed by atoms with van der Waals surface area (Å²) in [7, 11) is 1.67. The Morgan fingerprint density at radius 3 is 2.52 bits per heavy atom. The van der Waals surface area contributed by atoms with E-state index in [4.69, 9.17) is 9.47 Å². The molecule has 3 heteroatoms. The Balaban J connectivity index is 1.80. The number of hydrogen-bond acceptors (Lipinski definition) is 3. The van der Waals surface area contributed by atoms with Gasteiger partial charge in [0, 0.05) is 7.11 Å². The first-order valence-corrected chi connectivity index (χ1v) is 7.29. The van der Waals surface area contributed by atoms with E-state index in [0.29, 0.717) is 12.7 Å². The molecular weight excluding hydrogens is 264 g/mol. The van der Waals surface area contributed by atoms with Crippen LogP contribution in [0.1, 0.15) is 35.6 Å². The molecule has 0 aromatic heterocycles. The van der Waals surface area contributed by atoms with E-state index in [1.165, 1.54) is 0 Å². The van der Waals surface area contributed by atoms with Gasteiger partial charge in [-0.2, -0.15) is 0 Å². The number of rotatable bonds is 6. The van der Waals surface area contributed by atoms with Gasteiger partial charge in [0.1, 0.15) is 11.9 Å². The van der Waals surface area contributed by atoms with Gasteiger partial charge in [0.15, 0.2) is 0 Å². The molecule has 0 saturated heterocycles. The van der Waals surface area contributed by atoms with Crippen molar-refractivity contribution in [2.75, 3.05) is 7.11 Å². The third-order valence-corrected chi connectivity index (χ3v) is 3.58. The Kier molecular flexibility index (Phi) is 4.23. The van der Waals surface area contributed by atoms with Crippen molar-refractivity contribution in [1.29, 1.82) is 0 Å². The van der Waals surface area contributed by atoms with Crippen molar-refractivity contribution in [3.63, 3.8) is 0 Å². The van der Waals surface area contributed by atoms with Crippen LogP contribution in [0.25, 0.3) is 0 Å². The predicted molar refractivity (Wildman–Crippen MR) is 81.3 cm³/mol. The molecule has 2 aromatic carbocycles. The Labute approximate surface area is 125 Å². The average molecular weight is 284 g/mol. The van der Waals surface area contributed by atoms with E-state index in [1.54, 1.807) is 7.11 Å². The fourth-order valence-corrected chi connectivity index (χ4v) is 2.35. The maximum atomic E-state index is 10.6. The molecule has 3 rings (SSSR count). The highest BCUT2D eigenvalue weighted by molar-refractivity contribution is 5.36. The van der Waals surface area contributed by atoms with E-state index < -0.39 is 6.10 Å². The van der Waals surface area contributed by atoms with E-state index in [2.05, 4.69) is 0 Å². The van der Waals surface area contributed by atoms with E-state index in [9.17, 15) is 5.11 Å². The van der Waals surface area contributed by atoms with Crippen molar-refractivity contribution < 1.29 is 14.6 Å². The molecule has 0 radical (unpaired) electrons. The van der Waals surface area contributed by atoms with Gasteiger partial charge < -0.3 is 14.6 Å². The smallest absolute Gasteiger partial charge is 0.120 e. The number of aliphatic hydroxyl groups excluding tert-OH is 1. The van der Waals surface area contributed by atoms with Gasteiger partial charge in [0.25, 0.3) is 0 Å². The van der Waals surface area contributed by atoms with Crippen LogP contribution < -0.4 is 4.74 Å². The van der Waals surface area contributed by atoms with Crippen molar-refractivity contribution in [2.24, 2.45) is 0 Å². The van der Waals surface area contributed by atoms with Crippen molar-refractivity contribution >= 4 is 0 Å². The summed E-state index contributed by atoms with van der Waals surface area (Å²) in [6, 6.07) is 15.6. The summed E-state index contributed by atoms with van der Waals surface area (Å²) in [5.74, 6) is 0.835. The Morgan fingerprint density at radius 2 is 1.81 bits per heavy atom. The molecule has 1 atom stereocenters. The molecule has 1 unspecified atom stereocenters. The van der Waals surface area contributed by atoms with Gasteiger partial charge in [-0.3, -0.25) is 0 Å². The second-order valence-electron chi connectivity index (χ2n) is 5.47. The molecule has 2 aromatic rings. The standard InChI is InChI=1S/C18H20O3/c1-20-12-13-4-2-5-14(10-13)18(19)15-6-3-7-17(11-15)21-16-8-9-16/h2-7,10-11,16,18-19H,8-9,12H2,1H3. The van der Waals surface area contributed by atoms with Crippen molar-refractivity contribution in [2.45, 2.75) is 31.7 Å². The monoisotopic (exact) mass is 284 g/mol. The summed E-state index contributed by atoms with van der Waals surface area (Å²) < 4.78 is 10.9. The van der Waals surface area contributed by atoms with Gasteiger partial charge in [0.2, 0.25) is 0 Å². The minimum atomic E-state index is -0.649. The molecule has 1 N–H and O–H groups in total. The lowest BCUT2D eigenvalue weighted by molar-refractivity contribution is 0.184. The van der Waals surface area contributed by atoms with Crippen LogP contribution in [0.15, 0.2) is 48.5 Å². The summed E-state index contributed by atoms with van der Waals surface area (Å²) in [6.07, 6.45) is 1.98. The second kappa shape index (κ2) is 6.29.